The predicted molar refractivity (Wildman–Crippen MR) is 83.4 cm³/mol. The Hall–Kier alpha value is -1.82. The molecule has 0 saturated carbocycles. The van der Waals surface area contributed by atoms with Gasteiger partial charge in [-0.1, -0.05) is 12.1 Å². The number of carbonyl (C=O) groups is 1. The average Bonchev–Trinajstić information content (AvgIpc) is 2.69. The molecule has 0 radical (unpaired) electrons. The van der Waals surface area contributed by atoms with Gasteiger partial charge in [-0.15, -0.1) is 0 Å². The van der Waals surface area contributed by atoms with Crippen LogP contribution in [0.15, 0.2) is 28.7 Å². The summed E-state index contributed by atoms with van der Waals surface area (Å²) < 4.78 is 8.39. The Morgan fingerprint density at radius 1 is 1.38 bits per heavy atom. The van der Waals surface area contributed by atoms with Crippen LogP contribution in [0, 0.1) is 6.92 Å². The molecular weight excluding hydrogens is 334 g/mol. The largest absolute Gasteiger partial charge is 0.479 e. The fourth-order valence-corrected chi connectivity index (χ4v) is 2.98. The zero-order valence-corrected chi connectivity index (χ0v) is 13.7. The van der Waals surface area contributed by atoms with Gasteiger partial charge in [-0.05, 0) is 41.9 Å². The van der Waals surface area contributed by atoms with Crippen molar-refractivity contribution in [2.75, 3.05) is 4.90 Å². The normalized spacial score (nSPS) is 17.6. The number of ether oxygens (including phenoxy) is 1. The first-order valence-electron chi connectivity index (χ1n) is 6.74. The van der Waals surface area contributed by atoms with Gasteiger partial charge >= 0.3 is 0 Å². The van der Waals surface area contributed by atoms with Crippen molar-refractivity contribution in [3.05, 3.63) is 40.1 Å². The summed E-state index contributed by atoms with van der Waals surface area (Å²) in [5.41, 5.74) is 2.67. The van der Waals surface area contributed by atoms with Gasteiger partial charge in [0.15, 0.2) is 6.10 Å². The number of nitrogens with zero attached hydrogens (tertiary/aromatic N) is 3. The minimum atomic E-state index is -0.479. The molecule has 110 valence electrons. The van der Waals surface area contributed by atoms with E-state index in [1.165, 1.54) is 0 Å². The number of aryl methyl sites for hydroxylation is 2. The summed E-state index contributed by atoms with van der Waals surface area (Å²) in [4.78, 5) is 14.2. The summed E-state index contributed by atoms with van der Waals surface area (Å²) in [6, 6.07) is 7.59. The molecule has 1 aliphatic rings. The summed E-state index contributed by atoms with van der Waals surface area (Å²) >= 11 is 3.55. The molecule has 0 fully saturated rings. The molecule has 6 heteroatoms. The average molecular weight is 350 g/mol. The molecule has 1 aromatic carbocycles. The van der Waals surface area contributed by atoms with Crippen molar-refractivity contribution in [2.24, 2.45) is 7.05 Å². The molecule has 2 aromatic rings. The number of para-hydroxylation sites is 2. The van der Waals surface area contributed by atoms with Crippen molar-refractivity contribution in [3.63, 3.8) is 0 Å². The lowest BCUT2D eigenvalue weighted by atomic mass is 10.1. The second kappa shape index (κ2) is 5.18. The fourth-order valence-electron chi connectivity index (χ4n) is 2.52. The van der Waals surface area contributed by atoms with Crippen molar-refractivity contribution in [1.29, 1.82) is 0 Å². The van der Waals surface area contributed by atoms with Crippen LogP contribution in [-0.4, -0.2) is 21.8 Å². The third-order valence-electron chi connectivity index (χ3n) is 3.64. The van der Waals surface area contributed by atoms with Crippen LogP contribution < -0.4 is 9.64 Å². The second-order valence-electron chi connectivity index (χ2n) is 5.12. The Balaban J connectivity index is 2.03. The Labute approximate surface area is 131 Å². The van der Waals surface area contributed by atoms with Crippen LogP contribution in [0.5, 0.6) is 5.75 Å². The van der Waals surface area contributed by atoms with Gasteiger partial charge in [-0.25, -0.2) is 0 Å². The zero-order valence-electron chi connectivity index (χ0n) is 12.1. The minimum absolute atomic E-state index is 0.0422. The zero-order chi connectivity index (χ0) is 15.1. The van der Waals surface area contributed by atoms with Crippen LogP contribution in [0.1, 0.15) is 18.3 Å². The topological polar surface area (TPSA) is 47.4 Å². The van der Waals surface area contributed by atoms with Gasteiger partial charge < -0.3 is 4.74 Å². The van der Waals surface area contributed by atoms with Gasteiger partial charge in [0.1, 0.15) is 5.75 Å². The van der Waals surface area contributed by atoms with Crippen molar-refractivity contribution in [2.45, 2.75) is 26.5 Å². The lowest BCUT2D eigenvalue weighted by molar-refractivity contribution is -0.125. The van der Waals surface area contributed by atoms with E-state index in [9.17, 15) is 4.79 Å². The third kappa shape index (κ3) is 2.33. The summed E-state index contributed by atoms with van der Waals surface area (Å²) in [6.07, 6.45) is -0.479. The Morgan fingerprint density at radius 3 is 2.76 bits per heavy atom. The maximum absolute atomic E-state index is 12.5. The van der Waals surface area contributed by atoms with Crippen molar-refractivity contribution >= 4 is 27.5 Å². The van der Waals surface area contributed by atoms with Gasteiger partial charge in [0, 0.05) is 7.05 Å². The number of amides is 1. The number of hydrogen-bond donors (Lipinski definition) is 0. The number of fused-ring (bicyclic) bond motifs is 1. The van der Waals surface area contributed by atoms with Crippen molar-refractivity contribution in [3.8, 4) is 5.75 Å². The fraction of sp³-hybridized carbons (Fsp3) is 0.333. The van der Waals surface area contributed by atoms with E-state index in [1.54, 1.807) is 16.5 Å². The standard InChI is InChI=1S/C15H16BrN3O2/c1-9-14(16)12(18(3)17-9)8-19-11-6-4-5-7-13(11)21-10(2)15(19)20/h4-7,10H,8H2,1-3H3. The molecule has 21 heavy (non-hydrogen) atoms. The minimum Gasteiger partial charge on any atom is -0.479 e. The number of rotatable bonds is 2. The molecule has 0 aliphatic carbocycles. The Kier molecular flexibility index (Phi) is 3.49. The third-order valence-corrected chi connectivity index (χ3v) is 4.67. The van der Waals surface area contributed by atoms with Crippen LogP contribution in [0.3, 0.4) is 0 Å². The highest BCUT2D eigenvalue weighted by molar-refractivity contribution is 9.10. The van der Waals surface area contributed by atoms with Crippen molar-refractivity contribution in [1.82, 2.24) is 9.78 Å². The number of carbonyl (C=O) groups excluding carboxylic acids is 1. The maximum Gasteiger partial charge on any atom is 0.268 e. The lowest BCUT2D eigenvalue weighted by Gasteiger charge is -2.33. The monoisotopic (exact) mass is 349 g/mol. The first kappa shape index (κ1) is 14.1. The van der Waals surface area contributed by atoms with Crippen LogP contribution >= 0.6 is 15.9 Å². The summed E-state index contributed by atoms with van der Waals surface area (Å²) in [5.74, 6) is 0.694. The van der Waals surface area contributed by atoms with E-state index in [1.807, 2.05) is 38.2 Å². The molecular formula is C15H16BrN3O2. The molecule has 0 bridgehead atoms. The van der Waals surface area contributed by atoms with Crippen LogP contribution in [0.2, 0.25) is 0 Å². The van der Waals surface area contributed by atoms with Crippen molar-refractivity contribution < 1.29 is 9.53 Å². The maximum atomic E-state index is 12.5. The van der Waals surface area contributed by atoms with Gasteiger partial charge in [0.05, 0.1) is 28.1 Å². The highest BCUT2D eigenvalue weighted by Crippen LogP contribution is 2.35. The lowest BCUT2D eigenvalue weighted by Crippen LogP contribution is -2.44. The van der Waals surface area contributed by atoms with E-state index in [0.29, 0.717) is 6.54 Å². The number of hydrogen-bond acceptors (Lipinski definition) is 3. The highest BCUT2D eigenvalue weighted by Gasteiger charge is 2.32. The number of aromatic nitrogens is 2. The van der Waals surface area contributed by atoms with E-state index < -0.39 is 6.10 Å². The van der Waals surface area contributed by atoms with Gasteiger partial charge in [0.2, 0.25) is 0 Å². The van der Waals surface area contributed by atoms with E-state index in [4.69, 9.17) is 4.74 Å². The van der Waals surface area contributed by atoms with E-state index in [-0.39, 0.29) is 5.91 Å². The predicted octanol–water partition coefficient (Wildman–Crippen LogP) is 2.81. The SMILES string of the molecule is Cc1nn(C)c(CN2C(=O)C(C)Oc3ccccc32)c1Br. The first-order chi connectivity index (χ1) is 9.99. The molecule has 1 aliphatic heterocycles. The smallest absolute Gasteiger partial charge is 0.268 e. The van der Waals surface area contributed by atoms with Gasteiger partial charge in [0.25, 0.3) is 5.91 Å². The van der Waals surface area contributed by atoms with Crippen LogP contribution in [-0.2, 0) is 18.4 Å². The molecule has 1 amide bonds. The van der Waals surface area contributed by atoms with Gasteiger partial charge in [-0.3, -0.25) is 14.4 Å². The van der Waals surface area contributed by atoms with E-state index >= 15 is 0 Å². The Bertz CT molecular complexity index is 711. The molecule has 3 rings (SSSR count). The molecule has 1 atom stereocenters. The molecule has 1 unspecified atom stereocenters. The van der Waals surface area contributed by atoms with E-state index in [2.05, 4.69) is 21.0 Å². The molecule has 0 spiro atoms. The molecule has 2 heterocycles. The highest BCUT2D eigenvalue weighted by atomic mass is 79.9. The van der Waals surface area contributed by atoms with Crippen LogP contribution in [0.4, 0.5) is 5.69 Å². The summed E-state index contributed by atoms with van der Waals surface area (Å²) in [7, 11) is 1.88. The quantitative estimate of drug-likeness (QED) is 0.837. The molecule has 0 N–H and O–H groups in total. The summed E-state index contributed by atoms with van der Waals surface area (Å²) in [5, 5.41) is 4.38. The molecule has 0 saturated heterocycles. The van der Waals surface area contributed by atoms with Gasteiger partial charge in [-0.2, -0.15) is 5.10 Å². The Morgan fingerprint density at radius 2 is 2.10 bits per heavy atom. The molecule has 1 aromatic heterocycles. The van der Waals surface area contributed by atoms with E-state index in [0.717, 1.165) is 27.3 Å². The summed E-state index contributed by atoms with van der Waals surface area (Å²) in [6.45, 7) is 4.17. The number of anilines is 1. The molecule has 5 nitrogen and oxygen atoms in total. The first-order valence-corrected chi connectivity index (χ1v) is 7.53. The number of benzene rings is 1. The van der Waals surface area contributed by atoms with Crippen LogP contribution in [0.25, 0.3) is 0 Å². The number of halogens is 1. The second-order valence-corrected chi connectivity index (χ2v) is 5.91.